The van der Waals surface area contributed by atoms with Gasteiger partial charge in [-0.05, 0) is 37.5 Å². The molecule has 0 aliphatic carbocycles. The Morgan fingerprint density at radius 1 is 1.30 bits per heavy atom. The van der Waals surface area contributed by atoms with Crippen molar-refractivity contribution in [1.82, 2.24) is 15.3 Å². The number of aryl methyl sites for hydroxylation is 1. The fourth-order valence-electron chi connectivity index (χ4n) is 2.47. The minimum Gasteiger partial charge on any atom is -0.508 e. The SMILES string of the molecule is Cc1ccc(-c2nccc(C(=O)NC3CCOCC3)n2)cc1O. The Morgan fingerprint density at radius 2 is 2.09 bits per heavy atom. The predicted molar refractivity (Wildman–Crippen MR) is 85.2 cm³/mol. The maximum atomic E-state index is 12.3. The second kappa shape index (κ2) is 6.75. The van der Waals surface area contributed by atoms with Crippen LogP contribution >= 0.6 is 0 Å². The van der Waals surface area contributed by atoms with Gasteiger partial charge in [-0.2, -0.15) is 0 Å². The van der Waals surface area contributed by atoms with Crippen molar-refractivity contribution >= 4 is 5.91 Å². The van der Waals surface area contributed by atoms with Crippen molar-refractivity contribution in [2.45, 2.75) is 25.8 Å². The van der Waals surface area contributed by atoms with Gasteiger partial charge in [-0.1, -0.05) is 12.1 Å². The van der Waals surface area contributed by atoms with E-state index in [0.29, 0.717) is 30.3 Å². The monoisotopic (exact) mass is 313 g/mol. The van der Waals surface area contributed by atoms with E-state index in [-0.39, 0.29) is 17.7 Å². The third-order valence-electron chi connectivity index (χ3n) is 3.91. The van der Waals surface area contributed by atoms with Crippen LogP contribution in [0.1, 0.15) is 28.9 Å². The van der Waals surface area contributed by atoms with Gasteiger partial charge in [0.1, 0.15) is 11.4 Å². The van der Waals surface area contributed by atoms with Crippen molar-refractivity contribution in [3.63, 3.8) is 0 Å². The van der Waals surface area contributed by atoms with Crippen LogP contribution in [0, 0.1) is 6.92 Å². The summed E-state index contributed by atoms with van der Waals surface area (Å²) in [6.45, 7) is 3.16. The standard InChI is InChI=1S/C17H19N3O3/c1-11-2-3-12(10-15(11)21)16-18-7-4-14(20-16)17(22)19-13-5-8-23-9-6-13/h2-4,7,10,13,21H,5-6,8-9H2,1H3,(H,19,22). The van der Waals surface area contributed by atoms with Crippen LogP contribution in [0.4, 0.5) is 0 Å². The molecule has 2 aromatic rings. The maximum Gasteiger partial charge on any atom is 0.270 e. The summed E-state index contributed by atoms with van der Waals surface area (Å²) in [6, 6.07) is 6.93. The number of benzene rings is 1. The normalized spacial score (nSPS) is 15.3. The molecule has 1 aliphatic heterocycles. The molecule has 23 heavy (non-hydrogen) atoms. The molecule has 0 spiro atoms. The number of amides is 1. The van der Waals surface area contributed by atoms with Gasteiger partial charge < -0.3 is 15.2 Å². The zero-order chi connectivity index (χ0) is 16.2. The van der Waals surface area contributed by atoms with Gasteiger partial charge >= 0.3 is 0 Å². The lowest BCUT2D eigenvalue weighted by Crippen LogP contribution is -2.39. The molecule has 1 amide bonds. The summed E-state index contributed by atoms with van der Waals surface area (Å²) in [5, 5.41) is 12.8. The highest BCUT2D eigenvalue weighted by Crippen LogP contribution is 2.23. The largest absolute Gasteiger partial charge is 0.508 e. The van der Waals surface area contributed by atoms with Gasteiger partial charge in [-0.25, -0.2) is 9.97 Å². The molecule has 120 valence electrons. The summed E-state index contributed by atoms with van der Waals surface area (Å²) in [5.74, 6) is 0.389. The number of phenolic OH excluding ortho intramolecular Hbond substituents is 1. The van der Waals surface area contributed by atoms with E-state index in [4.69, 9.17) is 4.74 Å². The summed E-state index contributed by atoms with van der Waals surface area (Å²) in [7, 11) is 0. The molecule has 6 heteroatoms. The molecule has 0 unspecified atom stereocenters. The van der Waals surface area contributed by atoms with E-state index in [1.807, 2.05) is 13.0 Å². The first-order valence-corrected chi connectivity index (χ1v) is 7.65. The summed E-state index contributed by atoms with van der Waals surface area (Å²) in [6.07, 6.45) is 3.18. The molecule has 3 rings (SSSR count). The first-order valence-electron chi connectivity index (χ1n) is 7.65. The number of aromatic hydroxyl groups is 1. The van der Waals surface area contributed by atoms with Gasteiger partial charge in [0.25, 0.3) is 5.91 Å². The number of nitrogens with one attached hydrogen (secondary N) is 1. The lowest BCUT2D eigenvalue weighted by Gasteiger charge is -2.22. The molecular weight excluding hydrogens is 294 g/mol. The minimum atomic E-state index is -0.211. The number of aromatic nitrogens is 2. The van der Waals surface area contributed by atoms with E-state index in [1.165, 1.54) is 0 Å². The number of phenols is 1. The van der Waals surface area contributed by atoms with Crippen molar-refractivity contribution in [2.75, 3.05) is 13.2 Å². The van der Waals surface area contributed by atoms with Crippen molar-refractivity contribution in [2.24, 2.45) is 0 Å². The Morgan fingerprint density at radius 3 is 2.83 bits per heavy atom. The molecule has 0 bridgehead atoms. The van der Waals surface area contributed by atoms with Gasteiger partial charge in [-0.15, -0.1) is 0 Å². The topological polar surface area (TPSA) is 84.3 Å². The second-order valence-electron chi connectivity index (χ2n) is 5.63. The van der Waals surface area contributed by atoms with Crippen LogP contribution in [0.25, 0.3) is 11.4 Å². The average molecular weight is 313 g/mol. The highest BCUT2D eigenvalue weighted by molar-refractivity contribution is 5.92. The van der Waals surface area contributed by atoms with Gasteiger partial charge in [0.2, 0.25) is 0 Å². The number of carbonyl (C=O) groups excluding carboxylic acids is 1. The molecule has 1 fully saturated rings. The fourth-order valence-corrected chi connectivity index (χ4v) is 2.47. The van der Waals surface area contributed by atoms with Crippen molar-refractivity contribution in [1.29, 1.82) is 0 Å². The smallest absolute Gasteiger partial charge is 0.270 e. The van der Waals surface area contributed by atoms with E-state index in [2.05, 4.69) is 15.3 Å². The van der Waals surface area contributed by atoms with E-state index in [9.17, 15) is 9.90 Å². The lowest BCUT2D eigenvalue weighted by atomic mass is 10.1. The summed E-state index contributed by atoms with van der Waals surface area (Å²) in [5.41, 5.74) is 1.78. The summed E-state index contributed by atoms with van der Waals surface area (Å²) >= 11 is 0. The van der Waals surface area contributed by atoms with Gasteiger partial charge in [-0.3, -0.25) is 4.79 Å². The average Bonchev–Trinajstić information content (AvgIpc) is 2.58. The molecule has 2 N–H and O–H groups in total. The van der Waals surface area contributed by atoms with Crippen LogP contribution in [-0.4, -0.2) is 40.2 Å². The fraction of sp³-hybridized carbons (Fsp3) is 0.353. The lowest BCUT2D eigenvalue weighted by molar-refractivity contribution is 0.0694. The van der Waals surface area contributed by atoms with Crippen LogP contribution in [0.2, 0.25) is 0 Å². The van der Waals surface area contributed by atoms with Crippen molar-refractivity contribution in [3.05, 3.63) is 41.7 Å². The maximum absolute atomic E-state index is 12.3. The predicted octanol–water partition coefficient (Wildman–Crippen LogP) is 2.07. The zero-order valence-electron chi connectivity index (χ0n) is 13.0. The minimum absolute atomic E-state index is 0.123. The molecule has 6 nitrogen and oxygen atoms in total. The number of nitrogens with zero attached hydrogens (tertiary/aromatic N) is 2. The van der Waals surface area contributed by atoms with Crippen LogP contribution in [-0.2, 0) is 4.74 Å². The second-order valence-corrected chi connectivity index (χ2v) is 5.63. The molecule has 0 atom stereocenters. The molecule has 1 aromatic carbocycles. The number of hydrogen-bond acceptors (Lipinski definition) is 5. The highest BCUT2D eigenvalue weighted by atomic mass is 16.5. The summed E-state index contributed by atoms with van der Waals surface area (Å²) < 4.78 is 5.28. The Bertz CT molecular complexity index is 712. The third-order valence-corrected chi connectivity index (χ3v) is 3.91. The Balaban J connectivity index is 1.78. The molecule has 1 aromatic heterocycles. The van der Waals surface area contributed by atoms with Crippen molar-refractivity contribution in [3.8, 4) is 17.1 Å². The molecule has 1 aliphatic rings. The van der Waals surface area contributed by atoms with Gasteiger partial charge in [0.15, 0.2) is 5.82 Å². The molecule has 0 radical (unpaired) electrons. The van der Waals surface area contributed by atoms with E-state index >= 15 is 0 Å². The van der Waals surface area contributed by atoms with Crippen LogP contribution < -0.4 is 5.32 Å². The van der Waals surface area contributed by atoms with E-state index < -0.39 is 0 Å². The summed E-state index contributed by atoms with van der Waals surface area (Å²) in [4.78, 5) is 20.8. The van der Waals surface area contributed by atoms with Gasteiger partial charge in [0.05, 0.1) is 0 Å². The number of carbonyl (C=O) groups is 1. The Hall–Kier alpha value is -2.47. The Kier molecular flexibility index (Phi) is 4.52. The third kappa shape index (κ3) is 3.65. The van der Waals surface area contributed by atoms with Crippen LogP contribution in [0.15, 0.2) is 30.5 Å². The highest BCUT2D eigenvalue weighted by Gasteiger charge is 2.18. The van der Waals surface area contributed by atoms with E-state index in [0.717, 1.165) is 18.4 Å². The molecule has 0 saturated carbocycles. The molecule has 1 saturated heterocycles. The molecule has 2 heterocycles. The van der Waals surface area contributed by atoms with Crippen LogP contribution in [0.5, 0.6) is 5.75 Å². The number of ether oxygens (including phenoxy) is 1. The van der Waals surface area contributed by atoms with Crippen molar-refractivity contribution < 1.29 is 14.6 Å². The van der Waals surface area contributed by atoms with Gasteiger partial charge in [0, 0.05) is 31.0 Å². The van der Waals surface area contributed by atoms with E-state index in [1.54, 1.807) is 24.4 Å². The zero-order valence-corrected chi connectivity index (χ0v) is 13.0. The molecular formula is C17H19N3O3. The van der Waals surface area contributed by atoms with Crippen LogP contribution in [0.3, 0.4) is 0 Å². The number of hydrogen-bond donors (Lipinski definition) is 2. The number of rotatable bonds is 3. The first kappa shape index (κ1) is 15.4. The Labute approximate surface area is 134 Å². The first-order chi connectivity index (χ1) is 11.1. The quantitative estimate of drug-likeness (QED) is 0.906.